The van der Waals surface area contributed by atoms with Crippen molar-refractivity contribution in [2.45, 2.75) is 16.8 Å². The molecule has 0 unspecified atom stereocenters. The zero-order valence-electron chi connectivity index (χ0n) is 13.1. The fraction of sp³-hybridized carbons (Fsp3) is 0.0500. The Hall–Kier alpha value is -2.04. The minimum Gasteiger partial charge on any atom is -0.294 e. The van der Waals surface area contributed by atoms with E-state index >= 15 is 0 Å². The van der Waals surface area contributed by atoms with Crippen LogP contribution in [0.5, 0.6) is 0 Å². The zero-order chi connectivity index (χ0) is 16.5. The summed E-state index contributed by atoms with van der Waals surface area (Å²) in [7, 11) is 0. The number of fused-ring (bicyclic) bond motifs is 1. The Labute approximate surface area is 153 Å². The Morgan fingerprint density at radius 3 is 2.42 bits per heavy atom. The zero-order valence-corrected chi connectivity index (χ0v) is 15.5. The first-order valence-electron chi connectivity index (χ1n) is 7.68. The molecule has 2 aromatic heterocycles. The molecule has 0 N–H and O–H groups in total. The molecule has 0 fully saturated rings. The first kappa shape index (κ1) is 15.5. The van der Waals surface area contributed by atoms with Crippen molar-refractivity contribution in [3.8, 4) is 11.3 Å². The number of pyridine rings is 1. The molecule has 0 radical (unpaired) electrons. The molecule has 0 amide bonds. The largest absolute Gasteiger partial charge is 0.294 e. The maximum absolute atomic E-state index is 4.85. The van der Waals surface area contributed by atoms with Crippen LogP contribution in [0.25, 0.3) is 16.9 Å². The van der Waals surface area contributed by atoms with Crippen LogP contribution < -0.4 is 0 Å². The molecule has 4 heteroatoms. The van der Waals surface area contributed by atoms with Crippen molar-refractivity contribution in [3.63, 3.8) is 0 Å². The Morgan fingerprint density at radius 2 is 1.67 bits per heavy atom. The van der Waals surface area contributed by atoms with E-state index in [2.05, 4.69) is 82.0 Å². The summed E-state index contributed by atoms with van der Waals surface area (Å²) in [5, 5.41) is 1.14. The number of hydrogen-bond donors (Lipinski definition) is 0. The molecule has 2 nitrogen and oxygen atoms in total. The van der Waals surface area contributed by atoms with Crippen LogP contribution >= 0.6 is 27.7 Å². The quantitative estimate of drug-likeness (QED) is 0.410. The third-order valence-corrected chi connectivity index (χ3v) is 5.46. The van der Waals surface area contributed by atoms with Crippen LogP contribution in [0, 0.1) is 6.92 Å². The van der Waals surface area contributed by atoms with Gasteiger partial charge in [-0.25, -0.2) is 4.98 Å². The molecular weight excluding hydrogens is 380 g/mol. The molecule has 0 aliphatic heterocycles. The van der Waals surface area contributed by atoms with Gasteiger partial charge in [0.05, 0.1) is 0 Å². The van der Waals surface area contributed by atoms with E-state index in [1.54, 1.807) is 11.8 Å². The van der Waals surface area contributed by atoms with Gasteiger partial charge in [0.15, 0.2) is 0 Å². The molecule has 4 aromatic rings. The van der Waals surface area contributed by atoms with Gasteiger partial charge < -0.3 is 0 Å². The summed E-state index contributed by atoms with van der Waals surface area (Å²) in [5.41, 5.74) is 4.37. The Kier molecular flexibility index (Phi) is 4.17. The number of hydrogen-bond acceptors (Lipinski definition) is 2. The molecule has 0 aliphatic carbocycles. The van der Waals surface area contributed by atoms with Gasteiger partial charge >= 0.3 is 0 Å². The number of aromatic nitrogens is 2. The van der Waals surface area contributed by atoms with E-state index < -0.39 is 0 Å². The monoisotopic (exact) mass is 394 g/mol. The summed E-state index contributed by atoms with van der Waals surface area (Å²) >= 11 is 5.25. The fourth-order valence-electron chi connectivity index (χ4n) is 2.58. The Bertz CT molecular complexity index is 989. The lowest BCUT2D eigenvalue weighted by molar-refractivity contribution is 1.05. The second kappa shape index (κ2) is 6.46. The number of benzene rings is 2. The van der Waals surface area contributed by atoms with E-state index in [0.29, 0.717) is 0 Å². The molecule has 0 saturated carbocycles. The van der Waals surface area contributed by atoms with E-state index in [9.17, 15) is 0 Å². The molecule has 4 rings (SSSR count). The summed E-state index contributed by atoms with van der Waals surface area (Å²) < 4.78 is 3.23. The number of rotatable bonds is 3. The van der Waals surface area contributed by atoms with Crippen LogP contribution in [0.3, 0.4) is 0 Å². The molecule has 0 spiro atoms. The van der Waals surface area contributed by atoms with Gasteiger partial charge in [-0.2, -0.15) is 0 Å². The van der Waals surface area contributed by atoms with Crippen LogP contribution in [0.1, 0.15) is 5.56 Å². The molecule has 0 aliphatic rings. The number of imidazole rings is 1. The van der Waals surface area contributed by atoms with Crippen LogP contribution in [0.4, 0.5) is 0 Å². The summed E-state index contributed by atoms with van der Waals surface area (Å²) in [6.07, 6.45) is 2.07. The average molecular weight is 395 g/mol. The third-order valence-electron chi connectivity index (χ3n) is 3.84. The van der Waals surface area contributed by atoms with Crippen molar-refractivity contribution < 1.29 is 0 Å². The average Bonchev–Trinajstić information content (AvgIpc) is 2.96. The van der Waals surface area contributed by atoms with E-state index in [1.807, 2.05) is 18.2 Å². The van der Waals surface area contributed by atoms with Gasteiger partial charge in [-0.1, -0.05) is 63.6 Å². The van der Waals surface area contributed by atoms with Gasteiger partial charge in [0.2, 0.25) is 0 Å². The van der Waals surface area contributed by atoms with Crippen molar-refractivity contribution in [3.05, 3.63) is 83.0 Å². The lowest BCUT2D eigenvalue weighted by Gasteiger charge is -2.06. The first-order valence-corrected chi connectivity index (χ1v) is 9.29. The van der Waals surface area contributed by atoms with Crippen LogP contribution in [-0.2, 0) is 0 Å². The van der Waals surface area contributed by atoms with E-state index in [4.69, 9.17) is 4.98 Å². The summed E-state index contributed by atoms with van der Waals surface area (Å²) in [4.78, 5) is 6.07. The SMILES string of the molecule is Cc1ccc(Sc2c(-c3ccc(Br)cc3)nc3ccccn23)cc1. The summed E-state index contributed by atoms with van der Waals surface area (Å²) in [5.74, 6) is 0. The predicted molar refractivity (Wildman–Crippen MR) is 104 cm³/mol. The molecule has 118 valence electrons. The minimum absolute atomic E-state index is 0.963. The number of halogens is 1. The topological polar surface area (TPSA) is 17.3 Å². The molecular formula is C20H15BrN2S. The smallest absolute Gasteiger partial charge is 0.138 e. The van der Waals surface area contributed by atoms with Gasteiger partial charge in [-0.3, -0.25) is 4.40 Å². The van der Waals surface area contributed by atoms with E-state index in [1.165, 1.54) is 10.5 Å². The van der Waals surface area contributed by atoms with Gasteiger partial charge in [0.1, 0.15) is 16.4 Å². The molecule has 24 heavy (non-hydrogen) atoms. The van der Waals surface area contributed by atoms with Gasteiger partial charge in [0, 0.05) is 21.1 Å². The predicted octanol–water partition coefficient (Wildman–Crippen LogP) is 6.22. The molecule has 0 saturated heterocycles. The summed E-state index contributed by atoms with van der Waals surface area (Å²) in [6, 6.07) is 23.0. The van der Waals surface area contributed by atoms with Crippen molar-refractivity contribution in [1.82, 2.24) is 9.38 Å². The lowest BCUT2D eigenvalue weighted by atomic mass is 10.2. The standard InChI is InChI=1S/C20H15BrN2S/c1-14-5-11-17(12-6-14)24-20-19(15-7-9-16(21)10-8-15)22-18-4-2-3-13-23(18)20/h2-13H,1H3. The number of aryl methyl sites for hydroxylation is 1. The fourth-order valence-corrected chi connectivity index (χ4v) is 3.86. The molecule has 0 atom stereocenters. The van der Waals surface area contributed by atoms with E-state index in [-0.39, 0.29) is 0 Å². The van der Waals surface area contributed by atoms with Crippen molar-refractivity contribution >= 4 is 33.3 Å². The minimum atomic E-state index is 0.963. The van der Waals surface area contributed by atoms with Crippen molar-refractivity contribution in [1.29, 1.82) is 0 Å². The second-order valence-corrected chi connectivity index (χ2v) is 7.59. The van der Waals surface area contributed by atoms with E-state index in [0.717, 1.165) is 26.4 Å². The van der Waals surface area contributed by atoms with Crippen molar-refractivity contribution in [2.24, 2.45) is 0 Å². The highest BCUT2D eigenvalue weighted by Gasteiger charge is 2.15. The van der Waals surface area contributed by atoms with Crippen molar-refractivity contribution in [2.75, 3.05) is 0 Å². The summed E-state index contributed by atoms with van der Waals surface area (Å²) in [6.45, 7) is 2.11. The maximum Gasteiger partial charge on any atom is 0.138 e. The van der Waals surface area contributed by atoms with Crippen LogP contribution in [0.15, 0.2) is 87.3 Å². The number of nitrogens with zero attached hydrogens (tertiary/aromatic N) is 2. The van der Waals surface area contributed by atoms with Crippen LogP contribution in [-0.4, -0.2) is 9.38 Å². The molecule has 2 heterocycles. The normalized spacial score (nSPS) is 11.1. The Balaban J connectivity index is 1.86. The Morgan fingerprint density at radius 1 is 0.917 bits per heavy atom. The molecule has 0 bridgehead atoms. The highest BCUT2D eigenvalue weighted by atomic mass is 79.9. The van der Waals surface area contributed by atoms with Crippen LogP contribution in [0.2, 0.25) is 0 Å². The lowest BCUT2D eigenvalue weighted by Crippen LogP contribution is -1.87. The second-order valence-electron chi connectivity index (χ2n) is 5.62. The maximum atomic E-state index is 4.85. The highest BCUT2D eigenvalue weighted by molar-refractivity contribution is 9.10. The van der Waals surface area contributed by atoms with Gasteiger partial charge in [-0.05, 0) is 43.3 Å². The highest BCUT2D eigenvalue weighted by Crippen LogP contribution is 2.36. The molecule has 2 aromatic carbocycles. The third kappa shape index (κ3) is 2.99. The first-order chi connectivity index (χ1) is 11.7. The van der Waals surface area contributed by atoms with Gasteiger partial charge in [0.25, 0.3) is 0 Å². The van der Waals surface area contributed by atoms with Gasteiger partial charge in [-0.15, -0.1) is 0 Å².